The summed E-state index contributed by atoms with van der Waals surface area (Å²) in [5.41, 5.74) is 2.62. The number of nitrogens with zero attached hydrogens (tertiary/aromatic N) is 3. The van der Waals surface area contributed by atoms with E-state index in [0.717, 1.165) is 0 Å². The van der Waals surface area contributed by atoms with Crippen molar-refractivity contribution in [3.63, 3.8) is 0 Å². The largest absolute Gasteiger partial charge is 0.365 e. The molecule has 1 saturated heterocycles. The van der Waals surface area contributed by atoms with Gasteiger partial charge >= 0.3 is 0 Å². The average molecular weight is 408 g/mol. The van der Waals surface area contributed by atoms with Crippen LogP contribution in [0.2, 0.25) is 0 Å². The Bertz CT molecular complexity index is 1020. The van der Waals surface area contributed by atoms with Crippen LogP contribution < -0.4 is 0 Å². The number of sulfonamides is 1. The van der Waals surface area contributed by atoms with E-state index in [-0.39, 0.29) is 12.0 Å². The van der Waals surface area contributed by atoms with Crippen LogP contribution in [0.1, 0.15) is 47.0 Å². The zero-order valence-electron chi connectivity index (χ0n) is 14.5. The Hall–Kier alpha value is -1.74. The maximum Gasteiger partial charge on any atom is 0.223 e. The molecular formula is C18H18ClN3O4S. The molecule has 3 heterocycles. The Kier molecular flexibility index (Phi) is 3.94. The smallest absolute Gasteiger partial charge is 0.223 e. The second kappa shape index (κ2) is 6.13. The van der Waals surface area contributed by atoms with Crippen LogP contribution in [0, 0.1) is 0 Å². The summed E-state index contributed by atoms with van der Waals surface area (Å²) < 4.78 is 38.9. The maximum absolute atomic E-state index is 13.3. The summed E-state index contributed by atoms with van der Waals surface area (Å²) in [5, 5.41) is 7.12. The van der Waals surface area contributed by atoms with Crippen molar-refractivity contribution in [2.24, 2.45) is 0 Å². The van der Waals surface area contributed by atoms with Crippen molar-refractivity contribution < 1.29 is 17.8 Å². The monoisotopic (exact) mass is 407 g/mol. The molecule has 142 valence electrons. The first-order valence-electron chi connectivity index (χ1n) is 8.91. The zero-order chi connectivity index (χ0) is 18.6. The molecule has 0 bridgehead atoms. The van der Waals surface area contributed by atoms with Crippen LogP contribution in [0.5, 0.6) is 0 Å². The molecular weight excluding hydrogens is 390 g/mol. The van der Waals surface area contributed by atoms with E-state index < -0.39 is 15.3 Å². The molecule has 2 aromatic rings. The first kappa shape index (κ1) is 17.4. The summed E-state index contributed by atoms with van der Waals surface area (Å²) in [7, 11) is -3.60. The number of hydrogen-bond donors (Lipinski definition) is 0. The highest BCUT2D eigenvalue weighted by molar-refractivity contribution is 7.89. The van der Waals surface area contributed by atoms with Crippen molar-refractivity contribution in [3.8, 4) is 0 Å². The van der Waals surface area contributed by atoms with Gasteiger partial charge < -0.3 is 4.74 Å². The molecule has 1 aromatic carbocycles. The fraction of sp³-hybridized carbons (Fsp3) is 0.444. The highest BCUT2D eigenvalue weighted by Gasteiger charge is 2.47. The van der Waals surface area contributed by atoms with Gasteiger partial charge in [-0.25, -0.2) is 17.4 Å². The molecule has 9 heteroatoms. The fourth-order valence-electron chi connectivity index (χ4n) is 4.33. The van der Waals surface area contributed by atoms with Crippen molar-refractivity contribution in [1.29, 1.82) is 0 Å². The van der Waals surface area contributed by atoms with Gasteiger partial charge in [0, 0.05) is 13.1 Å². The van der Waals surface area contributed by atoms with E-state index in [4.69, 9.17) is 21.0 Å². The molecule has 27 heavy (non-hydrogen) atoms. The number of rotatable bonds is 2. The Balaban J connectivity index is 1.39. The minimum absolute atomic E-state index is 0.267. The summed E-state index contributed by atoms with van der Waals surface area (Å²) in [5.74, 6) is 0. The number of fused-ring (bicyclic) bond motifs is 3. The third-order valence-electron chi connectivity index (χ3n) is 5.82. The maximum atomic E-state index is 13.3. The van der Waals surface area contributed by atoms with Gasteiger partial charge in [0.15, 0.2) is 5.69 Å². The SMILES string of the molecule is O=S(=O)(C1CC=C(Cl)c2nonc21)N1CCC2(CC1)OCc1ccccc12. The lowest BCUT2D eigenvalue weighted by Gasteiger charge is -2.39. The Labute approximate surface area is 162 Å². The van der Waals surface area contributed by atoms with Crippen LogP contribution in [-0.2, 0) is 27.0 Å². The van der Waals surface area contributed by atoms with E-state index in [9.17, 15) is 8.42 Å². The third-order valence-corrected chi connectivity index (χ3v) is 8.37. The molecule has 1 unspecified atom stereocenters. The lowest BCUT2D eigenvalue weighted by atomic mass is 9.84. The predicted octanol–water partition coefficient (Wildman–Crippen LogP) is 2.95. The number of piperidine rings is 1. The number of halogens is 1. The van der Waals surface area contributed by atoms with E-state index in [1.807, 2.05) is 12.1 Å². The van der Waals surface area contributed by atoms with Crippen LogP contribution in [0.25, 0.3) is 5.03 Å². The molecule has 0 amide bonds. The van der Waals surface area contributed by atoms with E-state index in [1.54, 1.807) is 10.4 Å². The Morgan fingerprint density at radius 2 is 1.96 bits per heavy atom. The van der Waals surface area contributed by atoms with Crippen molar-refractivity contribution in [2.75, 3.05) is 13.1 Å². The van der Waals surface area contributed by atoms with Gasteiger partial charge in [-0.15, -0.1) is 0 Å². The molecule has 3 aliphatic rings. The van der Waals surface area contributed by atoms with Gasteiger partial charge in [0.1, 0.15) is 10.9 Å². The molecule has 0 saturated carbocycles. The molecule has 1 aromatic heterocycles. The van der Waals surface area contributed by atoms with Crippen LogP contribution in [0.15, 0.2) is 35.0 Å². The summed E-state index contributed by atoms with van der Waals surface area (Å²) >= 11 is 6.09. The number of hydrogen-bond acceptors (Lipinski definition) is 6. The van der Waals surface area contributed by atoms with E-state index >= 15 is 0 Å². The van der Waals surface area contributed by atoms with Crippen molar-refractivity contribution in [3.05, 3.63) is 52.9 Å². The van der Waals surface area contributed by atoms with Crippen molar-refractivity contribution >= 4 is 26.7 Å². The molecule has 0 N–H and O–H groups in total. The van der Waals surface area contributed by atoms with Crippen LogP contribution in [0.4, 0.5) is 0 Å². The topological polar surface area (TPSA) is 85.5 Å². The van der Waals surface area contributed by atoms with Gasteiger partial charge in [-0.2, -0.15) is 0 Å². The number of allylic oxidation sites excluding steroid dienone is 1. The summed E-state index contributed by atoms with van der Waals surface area (Å²) in [4.78, 5) is 0. The van der Waals surface area contributed by atoms with Gasteiger partial charge in [0.25, 0.3) is 0 Å². The van der Waals surface area contributed by atoms with E-state index in [0.29, 0.717) is 49.0 Å². The Morgan fingerprint density at radius 3 is 2.78 bits per heavy atom. The summed E-state index contributed by atoms with van der Waals surface area (Å²) in [6.07, 6.45) is 3.20. The fourth-order valence-corrected chi connectivity index (χ4v) is 6.38. The summed E-state index contributed by atoms with van der Waals surface area (Å²) in [6, 6.07) is 8.18. The van der Waals surface area contributed by atoms with Crippen LogP contribution >= 0.6 is 11.6 Å². The molecule has 7 nitrogen and oxygen atoms in total. The minimum Gasteiger partial charge on any atom is -0.365 e. The molecule has 5 rings (SSSR count). The van der Waals surface area contributed by atoms with Crippen LogP contribution in [-0.4, -0.2) is 36.1 Å². The lowest BCUT2D eigenvalue weighted by Crippen LogP contribution is -2.46. The van der Waals surface area contributed by atoms with E-state index in [2.05, 4.69) is 22.4 Å². The first-order valence-corrected chi connectivity index (χ1v) is 10.8. The number of benzene rings is 1. The van der Waals surface area contributed by atoms with Gasteiger partial charge in [-0.05, 0) is 35.5 Å². The molecule has 2 aliphatic heterocycles. The minimum atomic E-state index is -3.60. The van der Waals surface area contributed by atoms with Crippen molar-refractivity contribution in [1.82, 2.24) is 14.6 Å². The molecule has 1 spiro atoms. The highest BCUT2D eigenvalue weighted by Crippen LogP contribution is 2.46. The van der Waals surface area contributed by atoms with Crippen molar-refractivity contribution in [2.45, 2.75) is 36.7 Å². The quantitative estimate of drug-likeness (QED) is 0.760. The first-order chi connectivity index (χ1) is 13.0. The normalized spacial score (nSPS) is 24.5. The number of ether oxygens (including phenoxy) is 1. The molecule has 1 atom stereocenters. The van der Waals surface area contributed by atoms with Crippen LogP contribution in [0.3, 0.4) is 0 Å². The molecule has 0 radical (unpaired) electrons. The molecule has 1 fully saturated rings. The lowest BCUT2D eigenvalue weighted by molar-refractivity contribution is -0.0689. The number of aromatic nitrogens is 2. The molecule has 1 aliphatic carbocycles. The van der Waals surface area contributed by atoms with Gasteiger partial charge in [0.2, 0.25) is 10.0 Å². The Morgan fingerprint density at radius 1 is 1.19 bits per heavy atom. The second-order valence-corrected chi connectivity index (χ2v) is 9.68. The van der Waals surface area contributed by atoms with Gasteiger partial charge in [-0.1, -0.05) is 47.1 Å². The van der Waals surface area contributed by atoms with E-state index in [1.165, 1.54) is 11.1 Å². The zero-order valence-corrected chi connectivity index (χ0v) is 16.0. The average Bonchev–Trinajstić information content (AvgIpc) is 3.29. The predicted molar refractivity (Wildman–Crippen MR) is 98.1 cm³/mol. The third kappa shape index (κ3) is 2.58. The second-order valence-electron chi connectivity index (χ2n) is 7.16. The summed E-state index contributed by atoms with van der Waals surface area (Å²) in [6.45, 7) is 1.40. The highest BCUT2D eigenvalue weighted by atomic mass is 35.5. The van der Waals surface area contributed by atoms with Gasteiger partial charge in [-0.3, -0.25) is 0 Å². The standard InChI is InChI=1S/C18H18ClN3O4S/c19-14-5-6-15(17-16(14)20-26-21-17)27(23,24)22-9-7-18(8-10-22)13-4-2-1-3-12(13)11-25-18/h1-5,15H,6-11H2. The van der Waals surface area contributed by atoms with Gasteiger partial charge in [0.05, 0.1) is 17.2 Å².